The lowest BCUT2D eigenvalue weighted by Crippen LogP contribution is -2.44. The standard InChI is InChI=1S/C55H103NO8/c1-6-8-10-12-14-16-18-20-22-24-26-28-29-31-33-35-37-39-41-43-45-52(57)62-49-51(50-63-55(54(59)60)61-48-47-56(3,4)5)64-53(58)46-44-42-40-38-36-34-32-30-27-25-23-21-19-17-15-13-11-9-7-2/h15,17,21,23,51,55H,6-14,16,18-20,22,24-50H2,1-5H3/b17-15-,23-21-. The molecule has 0 amide bonds. The van der Waals surface area contributed by atoms with Gasteiger partial charge in [-0.3, -0.25) is 9.59 Å². The van der Waals surface area contributed by atoms with E-state index in [4.69, 9.17) is 18.9 Å². The molecular formula is C55H103NO8. The zero-order chi connectivity index (χ0) is 47.0. The van der Waals surface area contributed by atoms with Gasteiger partial charge in [0, 0.05) is 12.8 Å². The molecule has 0 N–H and O–H groups in total. The van der Waals surface area contributed by atoms with Gasteiger partial charge in [-0.1, -0.05) is 218 Å². The van der Waals surface area contributed by atoms with Crippen LogP contribution < -0.4 is 5.11 Å². The average molecular weight is 906 g/mol. The summed E-state index contributed by atoms with van der Waals surface area (Å²) in [5, 5.41) is 11.7. The summed E-state index contributed by atoms with van der Waals surface area (Å²) in [5.41, 5.74) is 0. The Bertz CT molecular complexity index is 1100. The zero-order valence-electron chi connectivity index (χ0n) is 42.7. The highest BCUT2D eigenvalue weighted by Crippen LogP contribution is 2.16. The van der Waals surface area contributed by atoms with Gasteiger partial charge in [0.05, 0.1) is 40.3 Å². The first-order valence-electron chi connectivity index (χ1n) is 27.0. The summed E-state index contributed by atoms with van der Waals surface area (Å²) in [6.45, 7) is 4.76. The fourth-order valence-corrected chi connectivity index (χ4v) is 7.74. The molecule has 0 saturated carbocycles. The molecule has 0 aliphatic rings. The largest absolute Gasteiger partial charge is 0.545 e. The molecule has 0 saturated heterocycles. The lowest BCUT2D eigenvalue weighted by Gasteiger charge is -2.26. The SMILES string of the molecule is CCCCC/C=C\C/C=C\CCCCCCCCCCCC(=O)OC(COC(=O)CCCCCCCCCCCCCCCCCCCCCC)COC(OCC[N+](C)(C)C)C(=O)[O-]. The second-order valence-corrected chi connectivity index (χ2v) is 19.5. The number of nitrogens with zero attached hydrogens (tertiary/aromatic N) is 1. The van der Waals surface area contributed by atoms with E-state index >= 15 is 0 Å². The number of carbonyl (C=O) groups excluding carboxylic acids is 3. The number of esters is 2. The van der Waals surface area contributed by atoms with Gasteiger partial charge in [0.1, 0.15) is 13.2 Å². The molecule has 376 valence electrons. The highest BCUT2D eigenvalue weighted by molar-refractivity contribution is 5.70. The van der Waals surface area contributed by atoms with E-state index in [2.05, 4.69) is 38.2 Å². The minimum absolute atomic E-state index is 0.149. The topological polar surface area (TPSA) is 111 Å². The number of ether oxygens (including phenoxy) is 4. The van der Waals surface area contributed by atoms with Gasteiger partial charge in [-0.2, -0.15) is 0 Å². The van der Waals surface area contributed by atoms with Crippen molar-refractivity contribution in [2.75, 3.05) is 47.5 Å². The van der Waals surface area contributed by atoms with E-state index in [1.807, 2.05) is 21.1 Å². The van der Waals surface area contributed by atoms with Crippen LogP contribution >= 0.6 is 0 Å². The lowest BCUT2D eigenvalue weighted by molar-refractivity contribution is -0.870. The van der Waals surface area contributed by atoms with Crippen molar-refractivity contribution in [3.8, 4) is 0 Å². The molecule has 0 heterocycles. The van der Waals surface area contributed by atoms with E-state index in [0.717, 1.165) is 51.4 Å². The van der Waals surface area contributed by atoms with Crippen LogP contribution in [0.3, 0.4) is 0 Å². The molecule has 9 nitrogen and oxygen atoms in total. The van der Waals surface area contributed by atoms with E-state index in [1.165, 1.54) is 167 Å². The Morgan fingerprint density at radius 3 is 1.27 bits per heavy atom. The van der Waals surface area contributed by atoms with Gasteiger partial charge in [0.2, 0.25) is 0 Å². The number of carbonyl (C=O) groups is 3. The van der Waals surface area contributed by atoms with Crippen molar-refractivity contribution < 1.29 is 42.9 Å². The predicted molar refractivity (Wildman–Crippen MR) is 265 cm³/mol. The Labute approximate surface area is 395 Å². The molecule has 64 heavy (non-hydrogen) atoms. The molecule has 0 bridgehead atoms. The Balaban J connectivity index is 4.28. The van der Waals surface area contributed by atoms with Crippen LogP contribution in [0.25, 0.3) is 0 Å². The van der Waals surface area contributed by atoms with Crippen LogP contribution in [0.4, 0.5) is 0 Å². The second kappa shape index (κ2) is 47.3. The number of carboxylic acids is 1. The third-order valence-corrected chi connectivity index (χ3v) is 12.0. The van der Waals surface area contributed by atoms with E-state index in [-0.39, 0.29) is 32.2 Å². The quantitative estimate of drug-likeness (QED) is 0.0195. The normalized spacial score (nSPS) is 13.0. The van der Waals surface area contributed by atoms with Gasteiger partial charge >= 0.3 is 11.9 Å². The maximum atomic E-state index is 12.8. The van der Waals surface area contributed by atoms with Crippen LogP contribution in [0.5, 0.6) is 0 Å². The molecule has 0 aliphatic heterocycles. The summed E-state index contributed by atoms with van der Waals surface area (Å²) in [6, 6.07) is 0. The molecule has 0 rings (SSSR count). The molecule has 0 spiro atoms. The third-order valence-electron chi connectivity index (χ3n) is 12.0. The van der Waals surface area contributed by atoms with Crippen molar-refractivity contribution in [2.45, 2.75) is 264 Å². The van der Waals surface area contributed by atoms with Gasteiger partial charge in [-0.15, -0.1) is 0 Å². The number of hydrogen-bond donors (Lipinski definition) is 0. The lowest BCUT2D eigenvalue weighted by atomic mass is 10.0. The number of carboxylic acid groups (broad SMARTS) is 1. The fraction of sp³-hybridized carbons (Fsp3) is 0.873. The number of allylic oxidation sites excluding steroid dienone is 4. The van der Waals surface area contributed by atoms with Crippen molar-refractivity contribution in [2.24, 2.45) is 0 Å². The third kappa shape index (κ3) is 47.7. The van der Waals surface area contributed by atoms with Gasteiger partial charge < -0.3 is 33.3 Å². The van der Waals surface area contributed by atoms with Crippen LogP contribution in [0.1, 0.15) is 251 Å². The van der Waals surface area contributed by atoms with Crippen LogP contribution in [-0.4, -0.2) is 82.3 Å². The van der Waals surface area contributed by atoms with Crippen molar-refractivity contribution in [1.82, 2.24) is 0 Å². The average Bonchev–Trinajstić information content (AvgIpc) is 3.26. The van der Waals surface area contributed by atoms with Crippen molar-refractivity contribution >= 4 is 17.9 Å². The molecule has 2 unspecified atom stereocenters. The van der Waals surface area contributed by atoms with Gasteiger partial charge in [-0.25, -0.2) is 0 Å². The highest BCUT2D eigenvalue weighted by Gasteiger charge is 2.22. The molecule has 9 heteroatoms. The maximum absolute atomic E-state index is 12.8. The number of aliphatic carboxylic acids is 1. The monoisotopic (exact) mass is 906 g/mol. The molecule has 2 atom stereocenters. The zero-order valence-corrected chi connectivity index (χ0v) is 42.7. The molecule has 0 aliphatic carbocycles. The Hall–Kier alpha value is -2.23. The Kier molecular flexibility index (Phi) is 45.6. The number of quaternary nitrogens is 1. The number of likely N-dealkylation sites (N-methyl/N-ethyl adjacent to an activating group) is 1. The smallest absolute Gasteiger partial charge is 0.306 e. The number of rotatable bonds is 50. The molecular weight excluding hydrogens is 803 g/mol. The van der Waals surface area contributed by atoms with Crippen molar-refractivity contribution in [3.63, 3.8) is 0 Å². The van der Waals surface area contributed by atoms with Crippen LogP contribution in [0, 0.1) is 0 Å². The van der Waals surface area contributed by atoms with E-state index < -0.39 is 24.3 Å². The van der Waals surface area contributed by atoms with Gasteiger partial charge in [-0.05, 0) is 44.9 Å². The molecule has 0 aromatic rings. The van der Waals surface area contributed by atoms with Gasteiger partial charge in [0.25, 0.3) is 0 Å². The highest BCUT2D eigenvalue weighted by atomic mass is 16.7. The van der Waals surface area contributed by atoms with Crippen LogP contribution in [0.15, 0.2) is 24.3 Å². The summed E-state index contributed by atoms with van der Waals surface area (Å²) in [7, 11) is 5.92. The van der Waals surface area contributed by atoms with Crippen LogP contribution in [-0.2, 0) is 33.3 Å². The van der Waals surface area contributed by atoms with Crippen molar-refractivity contribution in [3.05, 3.63) is 24.3 Å². The molecule has 0 fully saturated rings. The predicted octanol–water partition coefficient (Wildman–Crippen LogP) is 13.8. The van der Waals surface area contributed by atoms with E-state index in [9.17, 15) is 19.5 Å². The summed E-state index contributed by atoms with van der Waals surface area (Å²) >= 11 is 0. The van der Waals surface area contributed by atoms with E-state index in [0.29, 0.717) is 23.9 Å². The summed E-state index contributed by atoms with van der Waals surface area (Å²) in [4.78, 5) is 37.2. The Morgan fingerprint density at radius 1 is 0.469 bits per heavy atom. The fourth-order valence-electron chi connectivity index (χ4n) is 7.74. The first-order chi connectivity index (χ1) is 31.1. The van der Waals surface area contributed by atoms with Crippen LogP contribution in [0.2, 0.25) is 0 Å². The summed E-state index contributed by atoms with van der Waals surface area (Å²) < 4.78 is 22.7. The second-order valence-electron chi connectivity index (χ2n) is 19.5. The van der Waals surface area contributed by atoms with E-state index in [1.54, 1.807) is 0 Å². The van der Waals surface area contributed by atoms with Crippen molar-refractivity contribution in [1.29, 1.82) is 0 Å². The number of hydrogen-bond acceptors (Lipinski definition) is 8. The summed E-state index contributed by atoms with van der Waals surface area (Å²) in [5.74, 6) is -2.27. The number of unbranched alkanes of at least 4 members (excludes halogenated alkanes) is 31. The molecule has 0 aromatic carbocycles. The first kappa shape index (κ1) is 61.8. The van der Waals surface area contributed by atoms with Gasteiger partial charge in [0.15, 0.2) is 12.4 Å². The Morgan fingerprint density at radius 2 is 0.844 bits per heavy atom. The minimum Gasteiger partial charge on any atom is -0.545 e. The molecule has 0 aromatic heterocycles. The minimum atomic E-state index is -1.62. The summed E-state index contributed by atoms with van der Waals surface area (Å²) in [6.07, 6.45) is 50.7. The maximum Gasteiger partial charge on any atom is 0.306 e. The first-order valence-corrected chi connectivity index (χ1v) is 27.0. The molecule has 0 radical (unpaired) electrons.